The second kappa shape index (κ2) is 6.26. The van der Waals surface area contributed by atoms with E-state index in [4.69, 9.17) is 9.47 Å². The minimum absolute atomic E-state index is 0.184. The van der Waals surface area contributed by atoms with Crippen molar-refractivity contribution in [3.05, 3.63) is 35.9 Å². The zero-order valence-electron chi connectivity index (χ0n) is 13.4. The predicted octanol–water partition coefficient (Wildman–Crippen LogP) is 3.48. The molecule has 23 heavy (non-hydrogen) atoms. The third-order valence-electron chi connectivity index (χ3n) is 5.07. The Morgan fingerprint density at radius 2 is 2.04 bits per heavy atom. The average Bonchev–Trinajstić information content (AvgIpc) is 3.25. The first-order valence-corrected chi connectivity index (χ1v) is 8.67. The molecule has 0 saturated carbocycles. The van der Waals surface area contributed by atoms with E-state index in [1.165, 1.54) is 5.56 Å². The second-order valence-electron chi connectivity index (χ2n) is 6.62. The summed E-state index contributed by atoms with van der Waals surface area (Å²) in [6, 6.07) is 6.30. The Morgan fingerprint density at radius 1 is 1.17 bits per heavy atom. The van der Waals surface area contributed by atoms with E-state index in [0.29, 0.717) is 31.5 Å². The van der Waals surface area contributed by atoms with Crippen molar-refractivity contribution >= 4 is 5.91 Å². The van der Waals surface area contributed by atoms with Crippen molar-refractivity contribution in [3.63, 3.8) is 0 Å². The molecule has 2 unspecified atom stereocenters. The number of carbonyl (C=O) groups is 1. The monoisotopic (exact) mass is 313 g/mol. The molecule has 1 aromatic rings. The van der Waals surface area contributed by atoms with Gasteiger partial charge in [0.2, 0.25) is 5.91 Å². The zero-order chi connectivity index (χ0) is 15.6. The number of carbonyl (C=O) groups excluding carboxylic acids is 1. The molecule has 1 aliphatic carbocycles. The Labute approximate surface area is 137 Å². The van der Waals surface area contributed by atoms with Gasteiger partial charge in [-0.1, -0.05) is 18.2 Å². The van der Waals surface area contributed by atoms with E-state index in [9.17, 15) is 4.79 Å². The highest BCUT2D eigenvalue weighted by atomic mass is 16.6. The summed E-state index contributed by atoms with van der Waals surface area (Å²) in [5.74, 6) is 2.35. The van der Waals surface area contributed by atoms with E-state index in [1.807, 2.05) is 6.07 Å². The molecule has 0 radical (unpaired) electrons. The van der Waals surface area contributed by atoms with E-state index in [2.05, 4.69) is 29.2 Å². The van der Waals surface area contributed by atoms with Crippen LogP contribution in [0.25, 0.3) is 0 Å². The molecule has 0 bridgehead atoms. The van der Waals surface area contributed by atoms with E-state index < -0.39 is 0 Å². The lowest BCUT2D eigenvalue weighted by Gasteiger charge is -2.27. The van der Waals surface area contributed by atoms with E-state index in [1.54, 1.807) is 0 Å². The molecule has 2 heterocycles. The molecule has 4 heteroatoms. The molecule has 122 valence electrons. The molecule has 0 spiro atoms. The highest BCUT2D eigenvalue weighted by Gasteiger charge is 2.31. The zero-order valence-corrected chi connectivity index (χ0v) is 13.4. The first kappa shape index (κ1) is 14.6. The van der Waals surface area contributed by atoms with Crippen molar-refractivity contribution in [1.29, 1.82) is 0 Å². The van der Waals surface area contributed by atoms with E-state index in [0.717, 1.165) is 43.7 Å². The number of benzene rings is 1. The number of ether oxygens (including phenoxy) is 2. The van der Waals surface area contributed by atoms with Crippen molar-refractivity contribution in [2.45, 2.75) is 38.1 Å². The lowest BCUT2D eigenvalue weighted by atomic mass is 10.0. The Balaban J connectivity index is 1.50. The molecule has 1 saturated heterocycles. The van der Waals surface area contributed by atoms with Gasteiger partial charge in [-0.15, -0.1) is 0 Å². The number of nitrogens with zero attached hydrogens (tertiary/aromatic N) is 1. The van der Waals surface area contributed by atoms with Crippen LogP contribution in [0.2, 0.25) is 0 Å². The quantitative estimate of drug-likeness (QED) is 0.802. The predicted molar refractivity (Wildman–Crippen MR) is 87.6 cm³/mol. The molecular formula is C19H23NO3. The lowest BCUT2D eigenvalue weighted by molar-refractivity contribution is -0.132. The third-order valence-corrected chi connectivity index (χ3v) is 5.07. The molecule has 3 aliphatic rings. The largest absolute Gasteiger partial charge is 0.486 e. The van der Waals surface area contributed by atoms with Crippen molar-refractivity contribution < 1.29 is 14.3 Å². The normalized spacial score (nSPS) is 25.8. The van der Waals surface area contributed by atoms with Crippen LogP contribution in [0.3, 0.4) is 0 Å². The van der Waals surface area contributed by atoms with Crippen molar-refractivity contribution in [2.24, 2.45) is 5.92 Å². The first-order valence-electron chi connectivity index (χ1n) is 8.67. The summed E-state index contributed by atoms with van der Waals surface area (Å²) >= 11 is 0. The van der Waals surface area contributed by atoms with Crippen LogP contribution in [-0.2, 0) is 4.79 Å². The number of rotatable bonds is 3. The number of likely N-dealkylation sites (tertiary alicyclic amines) is 1. The summed E-state index contributed by atoms with van der Waals surface area (Å²) in [7, 11) is 0. The maximum atomic E-state index is 12.7. The topological polar surface area (TPSA) is 38.8 Å². The number of fused-ring (bicyclic) bond motifs is 1. The van der Waals surface area contributed by atoms with Gasteiger partial charge in [-0.3, -0.25) is 4.79 Å². The summed E-state index contributed by atoms with van der Waals surface area (Å²) < 4.78 is 11.3. The van der Waals surface area contributed by atoms with Crippen LogP contribution in [0.1, 0.15) is 43.7 Å². The lowest BCUT2D eigenvalue weighted by Crippen LogP contribution is -2.31. The molecule has 2 atom stereocenters. The minimum atomic E-state index is 0.184. The molecule has 4 rings (SSSR count). The Bertz CT molecular complexity index is 625. The fraction of sp³-hybridized carbons (Fsp3) is 0.526. The summed E-state index contributed by atoms with van der Waals surface area (Å²) in [6.07, 6.45) is 9.39. The molecule has 2 aliphatic heterocycles. The van der Waals surface area contributed by atoms with Gasteiger partial charge in [0.1, 0.15) is 13.2 Å². The fourth-order valence-corrected chi connectivity index (χ4v) is 3.89. The molecule has 4 nitrogen and oxygen atoms in total. The number of amides is 1. The molecule has 0 N–H and O–H groups in total. The fourth-order valence-electron chi connectivity index (χ4n) is 3.89. The van der Waals surface area contributed by atoms with Gasteiger partial charge in [0.25, 0.3) is 0 Å². The van der Waals surface area contributed by atoms with Gasteiger partial charge in [0.05, 0.1) is 6.04 Å². The average molecular weight is 313 g/mol. The van der Waals surface area contributed by atoms with Gasteiger partial charge in [-0.25, -0.2) is 0 Å². The summed E-state index contributed by atoms with van der Waals surface area (Å²) in [4.78, 5) is 14.8. The smallest absolute Gasteiger partial charge is 0.223 e. The van der Waals surface area contributed by atoms with E-state index >= 15 is 0 Å². The highest BCUT2D eigenvalue weighted by molar-refractivity contribution is 5.77. The van der Waals surface area contributed by atoms with Crippen molar-refractivity contribution in [3.8, 4) is 11.5 Å². The summed E-state index contributed by atoms with van der Waals surface area (Å²) in [5.41, 5.74) is 1.17. The molecular weight excluding hydrogens is 290 g/mol. The van der Waals surface area contributed by atoms with Gasteiger partial charge >= 0.3 is 0 Å². The second-order valence-corrected chi connectivity index (χ2v) is 6.62. The SMILES string of the molecule is O=C(CC1C=CCC1)N1CCCC1c1ccc2c(c1)OCCO2. The van der Waals surface area contributed by atoms with Gasteiger partial charge in [0, 0.05) is 13.0 Å². The van der Waals surface area contributed by atoms with Crippen molar-refractivity contribution in [2.75, 3.05) is 19.8 Å². The highest BCUT2D eigenvalue weighted by Crippen LogP contribution is 2.38. The minimum Gasteiger partial charge on any atom is -0.486 e. The van der Waals surface area contributed by atoms with Crippen LogP contribution in [0.5, 0.6) is 11.5 Å². The van der Waals surface area contributed by atoms with Gasteiger partial charge in [-0.05, 0) is 49.3 Å². The Morgan fingerprint density at radius 3 is 2.87 bits per heavy atom. The Kier molecular flexibility index (Phi) is 3.98. The first-order chi connectivity index (χ1) is 11.3. The van der Waals surface area contributed by atoms with Crippen LogP contribution in [0, 0.1) is 5.92 Å². The van der Waals surface area contributed by atoms with Crippen LogP contribution < -0.4 is 9.47 Å². The molecule has 0 aromatic heterocycles. The maximum absolute atomic E-state index is 12.7. The number of hydrogen-bond donors (Lipinski definition) is 0. The standard InChI is InChI=1S/C19H23NO3/c21-19(12-14-4-1-2-5-14)20-9-3-6-16(20)15-7-8-17-18(13-15)23-11-10-22-17/h1,4,7-8,13-14,16H,2-3,5-6,9-12H2. The van der Waals surface area contributed by atoms with Gasteiger partial charge < -0.3 is 14.4 Å². The maximum Gasteiger partial charge on any atom is 0.223 e. The number of hydrogen-bond acceptors (Lipinski definition) is 3. The van der Waals surface area contributed by atoms with Gasteiger partial charge in [0.15, 0.2) is 11.5 Å². The van der Waals surface area contributed by atoms with Crippen LogP contribution >= 0.6 is 0 Å². The summed E-state index contributed by atoms with van der Waals surface area (Å²) in [6.45, 7) is 2.07. The molecule has 1 amide bonds. The van der Waals surface area contributed by atoms with Crippen LogP contribution in [0.15, 0.2) is 30.4 Å². The number of allylic oxidation sites excluding steroid dienone is 2. The third kappa shape index (κ3) is 2.94. The van der Waals surface area contributed by atoms with Crippen LogP contribution in [0.4, 0.5) is 0 Å². The Hall–Kier alpha value is -1.97. The summed E-state index contributed by atoms with van der Waals surface area (Å²) in [5, 5.41) is 0. The molecule has 1 fully saturated rings. The van der Waals surface area contributed by atoms with E-state index in [-0.39, 0.29) is 6.04 Å². The van der Waals surface area contributed by atoms with Crippen LogP contribution in [-0.4, -0.2) is 30.6 Å². The van der Waals surface area contributed by atoms with Crippen molar-refractivity contribution in [1.82, 2.24) is 4.90 Å². The van der Waals surface area contributed by atoms with Gasteiger partial charge in [-0.2, -0.15) is 0 Å². The molecule has 1 aromatic carbocycles.